The number of ketones is 1. The first kappa shape index (κ1) is 6.23. The van der Waals surface area contributed by atoms with Gasteiger partial charge in [-0.3, -0.25) is 4.79 Å². The molecule has 0 fully saturated rings. The van der Waals surface area contributed by atoms with E-state index in [1.54, 1.807) is 28.5 Å². The Bertz CT molecular complexity index is 130. The lowest BCUT2D eigenvalue weighted by Crippen LogP contribution is -2.05. The van der Waals surface area contributed by atoms with Crippen LogP contribution in [0.4, 0.5) is 0 Å². The lowest BCUT2D eigenvalue weighted by Gasteiger charge is -1.95. The van der Waals surface area contributed by atoms with Gasteiger partial charge in [0.25, 0.3) is 0 Å². The molecule has 3 heteroatoms. The number of carbonyl (C=O) groups is 1. The number of carbonyl (C=O) groups excluding carboxylic acids is 1. The van der Waals surface area contributed by atoms with Gasteiger partial charge >= 0.3 is 0 Å². The lowest BCUT2D eigenvalue weighted by molar-refractivity contribution is -0.115. The molecule has 0 bridgehead atoms. The number of hydrogen-bond acceptors (Lipinski definition) is 3. The van der Waals surface area contributed by atoms with Crippen molar-refractivity contribution in [2.24, 2.45) is 0 Å². The highest BCUT2D eigenvalue weighted by Gasteiger charge is 2.14. The molecule has 0 aliphatic carbocycles. The van der Waals surface area contributed by atoms with Crippen LogP contribution in [-0.2, 0) is 4.79 Å². The van der Waals surface area contributed by atoms with Crippen LogP contribution >= 0.6 is 21.6 Å². The molecule has 0 spiro atoms. The van der Waals surface area contributed by atoms with Crippen molar-refractivity contribution in [3.63, 3.8) is 0 Å². The van der Waals surface area contributed by atoms with E-state index in [-0.39, 0.29) is 11.0 Å². The van der Waals surface area contributed by atoms with Crippen molar-refractivity contribution in [3.05, 3.63) is 11.5 Å². The average Bonchev–Trinajstić information content (AvgIpc) is 2.12. The first-order valence-electron chi connectivity index (χ1n) is 2.30. The number of hydrogen-bond donors (Lipinski definition) is 0. The summed E-state index contributed by atoms with van der Waals surface area (Å²) in [5.74, 6) is 0.247. The molecular weight excluding hydrogens is 140 g/mol. The number of Topliss-reactive ketones (excluding diaryl/α,β-unsaturated/α-hetero) is 1. The molecule has 1 rings (SSSR count). The third-order valence-electron chi connectivity index (χ3n) is 0.869. The van der Waals surface area contributed by atoms with Gasteiger partial charge in [-0.1, -0.05) is 27.7 Å². The Labute approximate surface area is 56.3 Å². The van der Waals surface area contributed by atoms with Crippen LogP contribution in [0.25, 0.3) is 0 Å². The van der Waals surface area contributed by atoms with E-state index >= 15 is 0 Å². The molecule has 1 unspecified atom stereocenters. The van der Waals surface area contributed by atoms with E-state index in [0.717, 1.165) is 0 Å². The minimum atomic E-state index is 0.125. The van der Waals surface area contributed by atoms with Gasteiger partial charge in [-0.2, -0.15) is 0 Å². The van der Waals surface area contributed by atoms with Crippen molar-refractivity contribution in [3.8, 4) is 0 Å². The van der Waals surface area contributed by atoms with E-state index in [1.807, 2.05) is 11.5 Å². The van der Waals surface area contributed by atoms with Crippen LogP contribution in [0.5, 0.6) is 0 Å². The quantitative estimate of drug-likeness (QED) is 0.525. The second kappa shape index (κ2) is 2.60. The molecule has 1 aliphatic rings. The lowest BCUT2D eigenvalue weighted by atomic mass is 10.3. The van der Waals surface area contributed by atoms with Gasteiger partial charge in [-0.15, -0.1) is 0 Å². The van der Waals surface area contributed by atoms with Crippen LogP contribution < -0.4 is 0 Å². The third-order valence-corrected chi connectivity index (χ3v) is 3.23. The summed E-state index contributed by atoms with van der Waals surface area (Å²) in [7, 11) is 3.23. The first-order valence-corrected chi connectivity index (χ1v) is 4.57. The smallest absolute Gasteiger partial charge is 0.147 e. The Hall–Kier alpha value is 0.110. The minimum absolute atomic E-state index is 0.125. The maximum absolute atomic E-state index is 10.6. The summed E-state index contributed by atoms with van der Waals surface area (Å²) in [6, 6.07) is 0. The molecule has 44 valence electrons. The van der Waals surface area contributed by atoms with Gasteiger partial charge in [-0.05, 0) is 12.3 Å². The topological polar surface area (TPSA) is 17.1 Å². The monoisotopic (exact) mass is 146 g/mol. The molecule has 0 aromatic heterocycles. The van der Waals surface area contributed by atoms with E-state index in [1.165, 1.54) is 0 Å². The van der Waals surface area contributed by atoms with Crippen molar-refractivity contribution in [2.45, 2.75) is 12.2 Å². The van der Waals surface area contributed by atoms with Crippen molar-refractivity contribution in [1.29, 1.82) is 0 Å². The minimum Gasteiger partial charge on any atom is -0.298 e. The van der Waals surface area contributed by atoms with Crippen LogP contribution in [0.2, 0.25) is 0 Å². The Kier molecular flexibility index (Phi) is 2.02. The molecule has 1 nitrogen and oxygen atoms in total. The zero-order chi connectivity index (χ0) is 5.98. The van der Waals surface area contributed by atoms with Crippen LogP contribution in [0, 0.1) is 0 Å². The highest BCUT2D eigenvalue weighted by molar-refractivity contribution is 8.78. The summed E-state index contributed by atoms with van der Waals surface area (Å²) < 4.78 is 0. The van der Waals surface area contributed by atoms with Crippen molar-refractivity contribution < 1.29 is 4.79 Å². The Morgan fingerprint density at radius 1 is 1.75 bits per heavy atom. The molecule has 8 heavy (non-hydrogen) atoms. The molecule has 0 aromatic carbocycles. The van der Waals surface area contributed by atoms with E-state index in [4.69, 9.17) is 0 Å². The molecule has 1 atom stereocenters. The second-order valence-corrected chi connectivity index (χ2v) is 3.87. The Morgan fingerprint density at radius 2 is 2.50 bits per heavy atom. The van der Waals surface area contributed by atoms with Crippen LogP contribution in [0.15, 0.2) is 11.5 Å². The molecule has 0 N–H and O–H groups in total. The normalized spacial score (nSPS) is 26.4. The zero-order valence-corrected chi connectivity index (χ0v) is 6.09. The van der Waals surface area contributed by atoms with Crippen molar-refractivity contribution in [1.82, 2.24) is 0 Å². The highest BCUT2D eigenvalue weighted by atomic mass is 33.1. The SMILES string of the molecule is CC(=O)C1C=CSS1. The molecule has 0 radical (unpaired) electrons. The van der Waals surface area contributed by atoms with Gasteiger partial charge < -0.3 is 0 Å². The van der Waals surface area contributed by atoms with Gasteiger partial charge in [0, 0.05) is 0 Å². The Morgan fingerprint density at radius 3 is 2.75 bits per heavy atom. The van der Waals surface area contributed by atoms with E-state index in [9.17, 15) is 4.79 Å². The molecule has 0 saturated heterocycles. The molecule has 0 amide bonds. The fourth-order valence-corrected chi connectivity index (χ4v) is 2.56. The highest BCUT2D eigenvalue weighted by Crippen LogP contribution is 2.35. The summed E-state index contributed by atoms with van der Waals surface area (Å²) in [5.41, 5.74) is 0. The summed E-state index contributed by atoms with van der Waals surface area (Å²) >= 11 is 0. The Balaban J connectivity index is 2.48. The second-order valence-electron chi connectivity index (χ2n) is 1.55. The molecule has 0 saturated carbocycles. The van der Waals surface area contributed by atoms with E-state index in [0.29, 0.717) is 0 Å². The summed E-state index contributed by atoms with van der Waals surface area (Å²) in [5, 5.41) is 2.08. The molecule has 0 aromatic rings. The summed E-state index contributed by atoms with van der Waals surface area (Å²) in [6.07, 6.45) is 1.93. The maximum Gasteiger partial charge on any atom is 0.147 e. The average molecular weight is 146 g/mol. The zero-order valence-electron chi connectivity index (χ0n) is 4.46. The fraction of sp³-hybridized carbons (Fsp3) is 0.400. The van der Waals surface area contributed by atoms with Crippen molar-refractivity contribution in [2.75, 3.05) is 0 Å². The molecular formula is C5H6OS2. The predicted octanol–water partition coefficient (Wildman–Crippen LogP) is 1.85. The van der Waals surface area contributed by atoms with Crippen LogP contribution in [0.1, 0.15) is 6.92 Å². The van der Waals surface area contributed by atoms with Gasteiger partial charge in [-0.25, -0.2) is 0 Å². The van der Waals surface area contributed by atoms with Gasteiger partial charge in [0.15, 0.2) is 0 Å². The van der Waals surface area contributed by atoms with E-state index in [2.05, 4.69) is 0 Å². The summed E-state index contributed by atoms with van der Waals surface area (Å²) in [6.45, 7) is 1.62. The van der Waals surface area contributed by atoms with Gasteiger partial charge in [0.2, 0.25) is 0 Å². The predicted molar refractivity (Wildman–Crippen MR) is 38.8 cm³/mol. The van der Waals surface area contributed by atoms with Crippen LogP contribution in [0.3, 0.4) is 0 Å². The van der Waals surface area contributed by atoms with E-state index < -0.39 is 0 Å². The first-order chi connectivity index (χ1) is 3.80. The van der Waals surface area contributed by atoms with Gasteiger partial charge in [0.05, 0.1) is 5.25 Å². The number of rotatable bonds is 1. The third kappa shape index (κ3) is 1.29. The maximum atomic E-state index is 10.6. The van der Waals surface area contributed by atoms with Crippen molar-refractivity contribution >= 4 is 27.4 Å². The molecule has 1 aliphatic heterocycles. The van der Waals surface area contributed by atoms with Gasteiger partial charge in [0.1, 0.15) is 5.78 Å². The molecule has 1 heterocycles. The largest absolute Gasteiger partial charge is 0.298 e. The fourth-order valence-electron chi connectivity index (χ4n) is 0.431. The summed E-state index contributed by atoms with van der Waals surface area (Å²) in [4.78, 5) is 10.6. The van der Waals surface area contributed by atoms with Crippen LogP contribution in [-0.4, -0.2) is 11.0 Å². The standard InChI is InChI=1S/C5H6OS2/c1-4(6)5-2-3-7-8-5/h2-3,5H,1H3.